The van der Waals surface area contributed by atoms with Crippen molar-refractivity contribution in [2.24, 2.45) is 0 Å². The van der Waals surface area contributed by atoms with Gasteiger partial charge in [0.2, 0.25) is 5.43 Å². The summed E-state index contributed by atoms with van der Waals surface area (Å²) in [5.74, 6) is -0.108. The molecule has 0 aliphatic carbocycles. The number of benzene rings is 1. The van der Waals surface area contributed by atoms with Gasteiger partial charge < -0.3 is 10.1 Å². The fourth-order valence-corrected chi connectivity index (χ4v) is 2.71. The van der Waals surface area contributed by atoms with E-state index in [1.165, 1.54) is 22.7 Å². The Morgan fingerprint density at radius 3 is 2.32 bits per heavy atom. The molecule has 0 radical (unpaired) electrons. The van der Waals surface area contributed by atoms with E-state index in [9.17, 15) is 28.1 Å². The summed E-state index contributed by atoms with van der Waals surface area (Å²) in [7, 11) is -5.84. The first-order valence-electron chi connectivity index (χ1n) is 7.25. The lowest BCUT2D eigenvalue weighted by Gasteiger charge is -2.04. The first kappa shape index (κ1) is 19.4. The zero-order valence-corrected chi connectivity index (χ0v) is 14.2. The molecular weight excluding hydrogens is 407 g/mol. The highest BCUT2D eigenvalue weighted by atomic mass is 32.2. The number of nitrogens with zero attached hydrogens (tertiary/aromatic N) is 3. The summed E-state index contributed by atoms with van der Waals surface area (Å²) < 4.78 is 58.9. The van der Waals surface area contributed by atoms with E-state index >= 15 is 0 Å². The SMILES string of the molecule is O=S(=O)(O)C(F)(F)F.O=c1c2cncc3cccc(c32)n2c([N+](=O)[O-])ccc12. The first-order chi connectivity index (χ1) is 12.9. The van der Waals surface area contributed by atoms with E-state index in [4.69, 9.17) is 13.0 Å². The summed E-state index contributed by atoms with van der Waals surface area (Å²) in [5, 5.41) is 13.1. The van der Waals surface area contributed by atoms with Gasteiger partial charge in [0.05, 0.1) is 5.39 Å². The largest absolute Gasteiger partial charge is 0.522 e. The number of hydrogen-bond donors (Lipinski definition) is 1. The predicted molar refractivity (Wildman–Crippen MR) is 91.9 cm³/mol. The predicted octanol–water partition coefficient (Wildman–Crippen LogP) is 2.74. The zero-order valence-electron chi connectivity index (χ0n) is 13.4. The van der Waals surface area contributed by atoms with Gasteiger partial charge in [-0.1, -0.05) is 12.1 Å². The number of pyridine rings is 2. The minimum atomic E-state index is -5.84. The first-order valence-corrected chi connectivity index (χ1v) is 8.69. The lowest BCUT2D eigenvalue weighted by molar-refractivity contribution is -0.390. The molecule has 1 N–H and O–H groups in total. The van der Waals surface area contributed by atoms with Gasteiger partial charge in [0.1, 0.15) is 5.52 Å². The van der Waals surface area contributed by atoms with Crippen molar-refractivity contribution in [1.82, 2.24) is 9.38 Å². The van der Waals surface area contributed by atoms with Crippen LogP contribution in [0.25, 0.3) is 27.2 Å². The van der Waals surface area contributed by atoms with Crippen LogP contribution in [0.1, 0.15) is 0 Å². The highest BCUT2D eigenvalue weighted by Gasteiger charge is 2.44. The molecule has 0 saturated heterocycles. The third kappa shape index (κ3) is 3.10. The summed E-state index contributed by atoms with van der Waals surface area (Å²) in [4.78, 5) is 27.2. The summed E-state index contributed by atoms with van der Waals surface area (Å²) >= 11 is 0. The molecule has 28 heavy (non-hydrogen) atoms. The van der Waals surface area contributed by atoms with Gasteiger partial charge in [-0.25, -0.2) is 0 Å². The molecule has 4 aromatic rings. The highest BCUT2D eigenvalue weighted by molar-refractivity contribution is 7.86. The van der Waals surface area contributed by atoms with Crippen LogP contribution >= 0.6 is 0 Å². The van der Waals surface area contributed by atoms with E-state index in [0.717, 1.165) is 5.39 Å². The maximum atomic E-state index is 12.4. The summed E-state index contributed by atoms with van der Waals surface area (Å²) in [6.45, 7) is 0. The normalized spacial score (nSPS) is 12.3. The van der Waals surface area contributed by atoms with Gasteiger partial charge in [-0.15, -0.1) is 0 Å². The lowest BCUT2D eigenvalue weighted by atomic mass is 10.1. The minimum absolute atomic E-state index is 0.108. The van der Waals surface area contributed by atoms with Crippen molar-refractivity contribution >= 4 is 43.1 Å². The van der Waals surface area contributed by atoms with Crippen molar-refractivity contribution in [3.8, 4) is 0 Å². The van der Waals surface area contributed by atoms with Crippen LogP contribution in [0.15, 0.2) is 47.5 Å². The fraction of sp³-hybridized carbons (Fsp3) is 0.0667. The van der Waals surface area contributed by atoms with Crippen molar-refractivity contribution < 1.29 is 31.1 Å². The van der Waals surface area contributed by atoms with Gasteiger partial charge in [-0.05, 0) is 17.1 Å². The van der Waals surface area contributed by atoms with Crippen LogP contribution in [0.4, 0.5) is 19.0 Å². The Kier molecular flexibility index (Phi) is 4.43. The minimum Gasteiger partial charge on any atom is -0.358 e. The molecule has 0 atom stereocenters. The molecule has 0 fully saturated rings. The van der Waals surface area contributed by atoms with E-state index < -0.39 is 20.5 Å². The Morgan fingerprint density at radius 2 is 1.75 bits per heavy atom. The van der Waals surface area contributed by atoms with Crippen molar-refractivity contribution in [3.63, 3.8) is 0 Å². The maximum Gasteiger partial charge on any atom is 0.522 e. The fourth-order valence-electron chi connectivity index (χ4n) is 2.71. The number of aromatic nitrogens is 2. The molecule has 9 nitrogen and oxygen atoms in total. The van der Waals surface area contributed by atoms with E-state index in [1.54, 1.807) is 18.3 Å². The molecule has 0 bridgehead atoms. The van der Waals surface area contributed by atoms with E-state index in [2.05, 4.69) is 4.98 Å². The van der Waals surface area contributed by atoms with Gasteiger partial charge in [0.25, 0.3) is 0 Å². The number of rotatable bonds is 1. The Hall–Kier alpha value is -3.32. The van der Waals surface area contributed by atoms with Crippen molar-refractivity contribution in [2.45, 2.75) is 5.51 Å². The van der Waals surface area contributed by atoms with Crippen LogP contribution in [0, 0.1) is 10.1 Å². The molecule has 0 saturated carbocycles. The molecule has 1 aromatic carbocycles. The number of hydrogen-bond acceptors (Lipinski definition) is 6. The molecule has 0 spiro atoms. The average Bonchev–Trinajstić information content (AvgIpc) is 3.04. The van der Waals surface area contributed by atoms with Crippen LogP contribution in [0.2, 0.25) is 0 Å². The molecule has 3 heterocycles. The monoisotopic (exact) mass is 415 g/mol. The number of nitro groups is 1. The number of halogens is 3. The lowest BCUT2D eigenvalue weighted by Crippen LogP contribution is -2.21. The van der Waals surface area contributed by atoms with Crippen molar-refractivity contribution in [1.29, 1.82) is 0 Å². The molecule has 0 aliphatic rings. The highest BCUT2D eigenvalue weighted by Crippen LogP contribution is 2.28. The second-order valence-electron chi connectivity index (χ2n) is 5.48. The Balaban J connectivity index is 0.000000242. The number of alkyl halides is 3. The van der Waals surface area contributed by atoms with Crippen molar-refractivity contribution in [3.05, 3.63) is 63.1 Å². The van der Waals surface area contributed by atoms with Crippen LogP contribution < -0.4 is 5.43 Å². The van der Waals surface area contributed by atoms with Crippen molar-refractivity contribution in [2.75, 3.05) is 0 Å². The zero-order chi connectivity index (χ0) is 20.9. The molecule has 0 unspecified atom stereocenters. The second-order valence-corrected chi connectivity index (χ2v) is 6.89. The molecule has 0 aliphatic heterocycles. The quantitative estimate of drug-likeness (QED) is 0.219. The Bertz CT molecular complexity index is 1380. The Morgan fingerprint density at radius 1 is 1.11 bits per heavy atom. The average molecular weight is 415 g/mol. The third-order valence-corrected chi connectivity index (χ3v) is 4.40. The Labute approximate surface area is 152 Å². The standard InChI is InChI=1S/C14H7N3O3.CHF3O3S/c18-14-9-7-15-6-8-2-1-3-10(13(8)9)16-11(14)4-5-12(16)17(19)20;2-1(3,4)8(5,6)7/h1-7H;(H,5,6,7). The molecule has 0 amide bonds. The van der Waals surface area contributed by atoms with Crippen LogP contribution in [-0.4, -0.2) is 32.8 Å². The van der Waals surface area contributed by atoms with E-state index in [-0.39, 0.29) is 11.2 Å². The van der Waals surface area contributed by atoms with Gasteiger partial charge in [-0.2, -0.15) is 26.0 Å². The number of fused-ring (bicyclic) bond motifs is 2. The smallest absolute Gasteiger partial charge is 0.358 e. The maximum absolute atomic E-state index is 12.4. The van der Waals surface area contributed by atoms with Crippen LogP contribution in [0.5, 0.6) is 0 Å². The molecular formula is C15H8F3N3O6S. The second kappa shape index (κ2) is 6.38. The van der Waals surface area contributed by atoms with Gasteiger partial charge in [-0.3, -0.25) is 14.3 Å². The summed E-state index contributed by atoms with van der Waals surface area (Å²) in [6.07, 6.45) is 3.16. The van der Waals surface area contributed by atoms with Gasteiger partial charge in [0.15, 0.2) is 5.52 Å². The summed E-state index contributed by atoms with van der Waals surface area (Å²) in [5.41, 5.74) is -4.83. The van der Waals surface area contributed by atoms with Crippen LogP contribution in [-0.2, 0) is 10.1 Å². The van der Waals surface area contributed by atoms with E-state index in [0.29, 0.717) is 21.8 Å². The third-order valence-electron chi connectivity index (χ3n) is 3.82. The summed E-state index contributed by atoms with van der Waals surface area (Å²) in [6, 6.07) is 8.24. The van der Waals surface area contributed by atoms with E-state index in [1.807, 2.05) is 6.07 Å². The topological polar surface area (TPSA) is 132 Å². The van der Waals surface area contributed by atoms with Gasteiger partial charge >= 0.3 is 21.4 Å². The molecule has 146 valence electrons. The van der Waals surface area contributed by atoms with Gasteiger partial charge in [0, 0.05) is 29.2 Å². The molecule has 3 aromatic heterocycles. The molecule has 4 rings (SSSR count). The van der Waals surface area contributed by atoms with Crippen LogP contribution in [0.3, 0.4) is 0 Å². The molecule has 13 heteroatoms.